The molecule has 0 heterocycles. The first-order chi connectivity index (χ1) is 7.40. The molecule has 86 valence electrons. The van der Waals surface area contributed by atoms with Crippen molar-refractivity contribution in [3.05, 3.63) is 20.8 Å². The summed E-state index contributed by atoms with van der Waals surface area (Å²) in [7, 11) is 0. The number of allylic oxidation sites excluding steroid dienone is 3. The normalized spacial score (nSPS) is 17.0. The Bertz CT molecular complexity index is 451. The molecule has 0 spiro atoms. The smallest absolute Gasteiger partial charge is 0.224 e. The zero-order chi connectivity index (χ0) is 12.5. The molecule has 0 aromatic rings. The van der Waals surface area contributed by atoms with E-state index in [0.717, 1.165) is 0 Å². The van der Waals surface area contributed by atoms with E-state index in [1.165, 1.54) is 0 Å². The summed E-state index contributed by atoms with van der Waals surface area (Å²) >= 11 is 16.6. The molecule has 16 heavy (non-hydrogen) atoms. The fraction of sp³-hybridized carbons (Fsp3) is 0.222. The maximum atomic E-state index is 11.6. The maximum Gasteiger partial charge on any atom is 0.224 e. The molecule has 0 fully saturated rings. The SMILES string of the molecule is CCC(=O)NC1=C(Cl)C(=O)C(Cl)=C(Cl)C1=O. The van der Waals surface area contributed by atoms with Gasteiger partial charge in [-0.2, -0.15) is 0 Å². The third kappa shape index (κ3) is 2.29. The predicted octanol–water partition coefficient (Wildman–Crippen LogP) is 1.80. The fourth-order valence-corrected chi connectivity index (χ4v) is 1.59. The molecule has 0 atom stereocenters. The highest BCUT2D eigenvalue weighted by Gasteiger charge is 2.33. The van der Waals surface area contributed by atoms with Gasteiger partial charge in [-0.25, -0.2) is 0 Å². The first-order valence-electron chi connectivity index (χ1n) is 4.24. The number of nitrogens with one attached hydrogen (secondary N) is 1. The average Bonchev–Trinajstić information content (AvgIpc) is 2.29. The molecule has 1 aliphatic rings. The first-order valence-corrected chi connectivity index (χ1v) is 5.37. The van der Waals surface area contributed by atoms with Crippen LogP contribution in [-0.4, -0.2) is 17.5 Å². The molecule has 0 aliphatic heterocycles. The number of hydrogen-bond acceptors (Lipinski definition) is 3. The van der Waals surface area contributed by atoms with Crippen molar-refractivity contribution in [2.75, 3.05) is 0 Å². The summed E-state index contributed by atoms with van der Waals surface area (Å²) in [6.07, 6.45) is 0.143. The molecule has 0 bridgehead atoms. The number of hydrogen-bond donors (Lipinski definition) is 1. The van der Waals surface area contributed by atoms with Gasteiger partial charge in [0.05, 0.1) is 0 Å². The number of halogens is 3. The van der Waals surface area contributed by atoms with Crippen LogP contribution in [-0.2, 0) is 14.4 Å². The molecule has 4 nitrogen and oxygen atoms in total. The van der Waals surface area contributed by atoms with Gasteiger partial charge in [-0.15, -0.1) is 0 Å². The molecule has 0 aromatic carbocycles. The number of amides is 1. The van der Waals surface area contributed by atoms with Crippen molar-refractivity contribution in [2.24, 2.45) is 0 Å². The van der Waals surface area contributed by atoms with Gasteiger partial charge in [-0.3, -0.25) is 14.4 Å². The van der Waals surface area contributed by atoms with Crippen molar-refractivity contribution in [2.45, 2.75) is 13.3 Å². The van der Waals surface area contributed by atoms with Crippen molar-refractivity contribution >= 4 is 52.3 Å². The molecule has 0 unspecified atom stereocenters. The van der Waals surface area contributed by atoms with Crippen molar-refractivity contribution in [1.82, 2.24) is 5.32 Å². The zero-order valence-corrected chi connectivity index (χ0v) is 10.3. The predicted molar refractivity (Wildman–Crippen MR) is 60.1 cm³/mol. The second-order valence-corrected chi connectivity index (χ2v) is 4.01. The van der Waals surface area contributed by atoms with E-state index in [1.54, 1.807) is 6.92 Å². The third-order valence-electron chi connectivity index (χ3n) is 1.82. The summed E-state index contributed by atoms with van der Waals surface area (Å²) in [4.78, 5) is 34.1. The Kier molecular flexibility index (Phi) is 4.13. The quantitative estimate of drug-likeness (QED) is 0.786. The molecule has 1 amide bonds. The maximum absolute atomic E-state index is 11.6. The lowest BCUT2D eigenvalue weighted by atomic mass is 10.1. The molecular weight excluding hydrogens is 276 g/mol. The molecule has 1 rings (SSSR count). The van der Waals surface area contributed by atoms with Crippen LogP contribution in [0.5, 0.6) is 0 Å². The highest BCUT2D eigenvalue weighted by atomic mass is 35.5. The Hall–Kier alpha value is -0.840. The van der Waals surface area contributed by atoms with Crippen molar-refractivity contribution in [3.8, 4) is 0 Å². The van der Waals surface area contributed by atoms with Crippen LogP contribution in [0.3, 0.4) is 0 Å². The van der Waals surface area contributed by atoms with Crippen molar-refractivity contribution in [3.63, 3.8) is 0 Å². The number of Topliss-reactive ketones (excluding diaryl/α,β-unsaturated/α-hetero) is 2. The minimum atomic E-state index is -0.778. The zero-order valence-electron chi connectivity index (χ0n) is 8.07. The Morgan fingerprint density at radius 3 is 2.06 bits per heavy atom. The molecule has 1 N–H and O–H groups in total. The van der Waals surface area contributed by atoms with E-state index in [-0.39, 0.29) is 12.1 Å². The third-order valence-corrected chi connectivity index (χ3v) is 3.00. The molecular formula is C9H6Cl3NO3. The minimum absolute atomic E-state index is 0.143. The van der Waals surface area contributed by atoms with Gasteiger partial charge in [0.1, 0.15) is 20.8 Å². The Morgan fingerprint density at radius 2 is 1.56 bits per heavy atom. The number of carbonyl (C=O) groups excluding carboxylic acids is 3. The van der Waals surface area contributed by atoms with Crippen LogP contribution < -0.4 is 5.32 Å². The van der Waals surface area contributed by atoms with E-state index in [2.05, 4.69) is 5.32 Å². The van der Waals surface area contributed by atoms with Crippen LogP contribution >= 0.6 is 34.8 Å². The summed E-state index contributed by atoms with van der Waals surface area (Å²) in [5, 5.41) is 0.900. The van der Waals surface area contributed by atoms with E-state index >= 15 is 0 Å². The van der Waals surface area contributed by atoms with Crippen molar-refractivity contribution < 1.29 is 14.4 Å². The highest BCUT2D eigenvalue weighted by molar-refractivity contribution is 6.64. The van der Waals surface area contributed by atoms with E-state index in [9.17, 15) is 14.4 Å². The Morgan fingerprint density at radius 1 is 1.06 bits per heavy atom. The first kappa shape index (κ1) is 13.2. The van der Waals surface area contributed by atoms with Gasteiger partial charge >= 0.3 is 0 Å². The summed E-state index contributed by atoms with van der Waals surface area (Å²) in [5.74, 6) is -1.99. The van der Waals surface area contributed by atoms with Gasteiger partial charge in [0.15, 0.2) is 0 Å². The van der Waals surface area contributed by atoms with Crippen LogP contribution in [0.2, 0.25) is 0 Å². The average molecular weight is 283 g/mol. The largest absolute Gasteiger partial charge is 0.321 e. The van der Waals surface area contributed by atoms with E-state index in [0.29, 0.717) is 0 Å². The summed E-state index contributed by atoms with van der Waals surface area (Å²) < 4.78 is 0. The lowest BCUT2D eigenvalue weighted by Crippen LogP contribution is -2.31. The number of rotatable bonds is 2. The Balaban J connectivity index is 3.14. The minimum Gasteiger partial charge on any atom is -0.321 e. The summed E-state index contributed by atoms with van der Waals surface area (Å²) in [6, 6.07) is 0. The van der Waals surface area contributed by atoms with Gasteiger partial charge in [-0.05, 0) is 0 Å². The second-order valence-electron chi connectivity index (χ2n) is 2.88. The standard InChI is InChI=1S/C9H6Cl3NO3/c1-2-3(14)13-7-6(12)8(15)4(10)5(11)9(7)16/h2H2,1H3,(H,13,14). The topological polar surface area (TPSA) is 63.2 Å². The van der Waals surface area contributed by atoms with Gasteiger partial charge in [0.2, 0.25) is 17.5 Å². The van der Waals surface area contributed by atoms with Crippen molar-refractivity contribution in [1.29, 1.82) is 0 Å². The number of ketones is 2. The summed E-state index contributed by atoms with van der Waals surface area (Å²) in [6.45, 7) is 1.59. The van der Waals surface area contributed by atoms with Gasteiger partial charge in [0, 0.05) is 6.42 Å². The van der Waals surface area contributed by atoms with Crippen LogP contribution in [0, 0.1) is 0 Å². The second kappa shape index (κ2) is 4.99. The molecule has 0 saturated carbocycles. The Labute approximate surface area is 106 Å². The lowest BCUT2D eigenvalue weighted by Gasteiger charge is -2.14. The molecule has 0 radical (unpaired) electrons. The van der Waals surface area contributed by atoms with E-state index < -0.39 is 32.6 Å². The monoisotopic (exact) mass is 281 g/mol. The van der Waals surface area contributed by atoms with Crippen LogP contribution in [0.1, 0.15) is 13.3 Å². The molecule has 7 heteroatoms. The fourth-order valence-electron chi connectivity index (χ4n) is 0.958. The molecule has 1 aliphatic carbocycles. The van der Waals surface area contributed by atoms with Gasteiger partial charge < -0.3 is 5.32 Å². The van der Waals surface area contributed by atoms with E-state index in [1.807, 2.05) is 0 Å². The van der Waals surface area contributed by atoms with Gasteiger partial charge in [0.25, 0.3) is 0 Å². The lowest BCUT2D eigenvalue weighted by molar-refractivity contribution is -0.122. The van der Waals surface area contributed by atoms with Gasteiger partial charge in [-0.1, -0.05) is 41.7 Å². The molecule has 0 aromatic heterocycles. The van der Waals surface area contributed by atoms with Crippen LogP contribution in [0.4, 0.5) is 0 Å². The highest BCUT2D eigenvalue weighted by Crippen LogP contribution is 2.30. The molecule has 0 saturated heterocycles. The number of carbonyl (C=O) groups is 3. The van der Waals surface area contributed by atoms with Crippen LogP contribution in [0.15, 0.2) is 20.8 Å². The summed E-state index contributed by atoms with van der Waals surface area (Å²) in [5.41, 5.74) is -0.326. The van der Waals surface area contributed by atoms with E-state index in [4.69, 9.17) is 34.8 Å². The van der Waals surface area contributed by atoms with Crippen LogP contribution in [0.25, 0.3) is 0 Å².